The summed E-state index contributed by atoms with van der Waals surface area (Å²) >= 11 is 0. The maximum absolute atomic E-state index is 12.7. The van der Waals surface area contributed by atoms with Gasteiger partial charge in [-0.05, 0) is 50.6 Å². The van der Waals surface area contributed by atoms with Crippen molar-refractivity contribution in [2.45, 2.75) is 24.9 Å². The first-order valence-electron chi connectivity index (χ1n) is 8.37. The fourth-order valence-electron chi connectivity index (χ4n) is 3.23. The molecule has 3 rings (SSSR count). The van der Waals surface area contributed by atoms with Gasteiger partial charge in [0.05, 0.1) is 0 Å². The van der Waals surface area contributed by atoms with Crippen molar-refractivity contribution < 1.29 is 14.3 Å². The lowest BCUT2D eigenvalue weighted by molar-refractivity contribution is -0.140. The van der Waals surface area contributed by atoms with Crippen LogP contribution in [0.1, 0.15) is 19.3 Å². The van der Waals surface area contributed by atoms with E-state index in [0.29, 0.717) is 31.6 Å². The predicted octanol–water partition coefficient (Wildman–Crippen LogP) is 1.31. The minimum atomic E-state index is -0.788. The van der Waals surface area contributed by atoms with E-state index < -0.39 is 5.60 Å². The summed E-state index contributed by atoms with van der Waals surface area (Å²) in [5, 5.41) is 9.02. The van der Waals surface area contributed by atoms with Crippen molar-refractivity contribution in [1.29, 1.82) is 0 Å². The number of benzene rings is 1. The third-order valence-electron chi connectivity index (χ3n) is 4.71. The quantitative estimate of drug-likeness (QED) is 0.776. The Labute approximate surface area is 141 Å². The Morgan fingerprint density at radius 1 is 1.29 bits per heavy atom. The number of urea groups is 1. The number of amides is 3. The molecule has 1 aromatic carbocycles. The third kappa shape index (κ3) is 3.37. The van der Waals surface area contributed by atoms with Crippen LogP contribution < -0.4 is 20.9 Å². The highest BCUT2D eigenvalue weighted by Crippen LogP contribution is 2.26. The van der Waals surface area contributed by atoms with Gasteiger partial charge < -0.3 is 20.7 Å². The maximum atomic E-state index is 12.7. The number of ether oxygens (including phenoxy) is 1. The molecule has 7 heteroatoms. The zero-order chi connectivity index (χ0) is 17.0. The molecule has 0 aromatic heterocycles. The van der Waals surface area contributed by atoms with Crippen LogP contribution in [0.2, 0.25) is 0 Å². The standard InChI is InChI=1S/C17H24N4O3/c1-24-17(6-9-18-10-7-17)15(22)20-13-4-2-5-14(12-13)21-11-3-8-19-16(21)23/h2,4-5,12,18H,3,6-11H2,1H3,(H,19,23)(H,20,22). The van der Waals surface area contributed by atoms with Gasteiger partial charge >= 0.3 is 6.03 Å². The smallest absolute Gasteiger partial charge is 0.321 e. The third-order valence-corrected chi connectivity index (χ3v) is 4.71. The number of nitrogens with zero attached hydrogens (tertiary/aromatic N) is 1. The lowest BCUT2D eigenvalue weighted by atomic mass is 9.91. The summed E-state index contributed by atoms with van der Waals surface area (Å²) in [4.78, 5) is 26.4. The normalized spacial score (nSPS) is 20.4. The Morgan fingerprint density at radius 2 is 2.08 bits per heavy atom. The molecule has 3 N–H and O–H groups in total. The Morgan fingerprint density at radius 3 is 2.79 bits per heavy atom. The zero-order valence-electron chi connectivity index (χ0n) is 13.9. The molecule has 24 heavy (non-hydrogen) atoms. The fraction of sp³-hybridized carbons (Fsp3) is 0.529. The number of methoxy groups -OCH3 is 1. The topological polar surface area (TPSA) is 82.7 Å². The predicted molar refractivity (Wildman–Crippen MR) is 92.3 cm³/mol. The number of hydrogen-bond acceptors (Lipinski definition) is 4. The van der Waals surface area contributed by atoms with Crippen LogP contribution in [0.4, 0.5) is 16.2 Å². The van der Waals surface area contributed by atoms with Crippen LogP contribution in [0, 0.1) is 0 Å². The first-order chi connectivity index (χ1) is 11.6. The summed E-state index contributed by atoms with van der Waals surface area (Å²) in [6.07, 6.45) is 2.19. The van der Waals surface area contributed by atoms with E-state index in [2.05, 4.69) is 16.0 Å². The number of hydrogen-bond donors (Lipinski definition) is 3. The Bertz CT molecular complexity index is 614. The summed E-state index contributed by atoms with van der Waals surface area (Å²) in [5.74, 6) is -0.133. The highest BCUT2D eigenvalue weighted by Gasteiger charge is 2.39. The lowest BCUT2D eigenvalue weighted by Crippen LogP contribution is -2.51. The Hall–Kier alpha value is -2.12. The number of anilines is 2. The van der Waals surface area contributed by atoms with E-state index in [1.165, 1.54) is 0 Å². The summed E-state index contributed by atoms with van der Waals surface area (Å²) in [7, 11) is 1.58. The van der Waals surface area contributed by atoms with E-state index >= 15 is 0 Å². The minimum absolute atomic E-state index is 0.101. The molecule has 130 valence electrons. The largest absolute Gasteiger partial charge is 0.368 e. The molecule has 3 amide bonds. The molecule has 0 radical (unpaired) electrons. The van der Waals surface area contributed by atoms with Crippen LogP contribution >= 0.6 is 0 Å². The van der Waals surface area contributed by atoms with E-state index in [1.54, 1.807) is 12.0 Å². The van der Waals surface area contributed by atoms with Crippen LogP contribution in [-0.2, 0) is 9.53 Å². The maximum Gasteiger partial charge on any atom is 0.321 e. The molecule has 2 saturated heterocycles. The average Bonchev–Trinajstić information content (AvgIpc) is 2.63. The van der Waals surface area contributed by atoms with Gasteiger partial charge in [-0.25, -0.2) is 4.79 Å². The molecule has 0 spiro atoms. The van der Waals surface area contributed by atoms with Gasteiger partial charge in [0.25, 0.3) is 5.91 Å². The van der Waals surface area contributed by atoms with Crippen molar-refractivity contribution in [3.05, 3.63) is 24.3 Å². The van der Waals surface area contributed by atoms with Crippen molar-refractivity contribution >= 4 is 23.3 Å². The Kier molecular flexibility index (Phi) is 5.01. The summed E-state index contributed by atoms with van der Waals surface area (Å²) in [6, 6.07) is 7.27. The van der Waals surface area contributed by atoms with Gasteiger partial charge in [-0.1, -0.05) is 6.07 Å². The van der Waals surface area contributed by atoms with E-state index in [0.717, 1.165) is 25.2 Å². The Balaban J connectivity index is 1.74. The van der Waals surface area contributed by atoms with Crippen LogP contribution in [0.15, 0.2) is 24.3 Å². The van der Waals surface area contributed by atoms with Crippen molar-refractivity contribution in [2.24, 2.45) is 0 Å². The molecule has 0 saturated carbocycles. The second-order valence-electron chi connectivity index (χ2n) is 6.19. The second-order valence-corrected chi connectivity index (χ2v) is 6.19. The molecule has 0 atom stereocenters. The van der Waals surface area contributed by atoms with E-state index in [9.17, 15) is 9.59 Å². The fourth-order valence-corrected chi connectivity index (χ4v) is 3.23. The van der Waals surface area contributed by atoms with Crippen LogP contribution in [0.25, 0.3) is 0 Å². The molecule has 2 aliphatic heterocycles. The SMILES string of the molecule is COC1(C(=O)Nc2cccc(N3CCCNC3=O)c2)CCNCC1. The summed E-state index contributed by atoms with van der Waals surface area (Å²) < 4.78 is 5.55. The molecule has 2 aliphatic rings. The number of nitrogens with one attached hydrogen (secondary N) is 3. The number of piperidine rings is 1. The highest BCUT2D eigenvalue weighted by atomic mass is 16.5. The first kappa shape index (κ1) is 16.7. The molecule has 2 fully saturated rings. The summed E-state index contributed by atoms with van der Waals surface area (Å²) in [5.41, 5.74) is 0.664. The molecular weight excluding hydrogens is 308 g/mol. The first-order valence-corrected chi connectivity index (χ1v) is 8.37. The van der Waals surface area contributed by atoms with E-state index in [-0.39, 0.29) is 11.9 Å². The van der Waals surface area contributed by atoms with Crippen molar-refractivity contribution in [3.63, 3.8) is 0 Å². The van der Waals surface area contributed by atoms with Gasteiger partial charge in [0, 0.05) is 31.6 Å². The van der Waals surface area contributed by atoms with Gasteiger partial charge in [0.1, 0.15) is 5.60 Å². The van der Waals surface area contributed by atoms with Crippen LogP contribution in [-0.4, -0.2) is 50.8 Å². The van der Waals surface area contributed by atoms with E-state index in [1.807, 2.05) is 24.3 Å². The highest BCUT2D eigenvalue weighted by molar-refractivity contribution is 5.99. The zero-order valence-corrected chi connectivity index (χ0v) is 13.9. The van der Waals surface area contributed by atoms with Gasteiger partial charge in [0.2, 0.25) is 0 Å². The van der Waals surface area contributed by atoms with Crippen molar-refractivity contribution in [2.75, 3.05) is 43.5 Å². The molecule has 0 unspecified atom stereocenters. The van der Waals surface area contributed by atoms with Gasteiger partial charge in [-0.3, -0.25) is 9.69 Å². The molecule has 2 heterocycles. The second kappa shape index (κ2) is 7.19. The summed E-state index contributed by atoms with van der Waals surface area (Å²) in [6.45, 7) is 2.90. The molecule has 7 nitrogen and oxygen atoms in total. The average molecular weight is 332 g/mol. The monoisotopic (exact) mass is 332 g/mol. The molecule has 0 aliphatic carbocycles. The van der Waals surface area contributed by atoms with Gasteiger partial charge in [-0.15, -0.1) is 0 Å². The van der Waals surface area contributed by atoms with Gasteiger partial charge in [0.15, 0.2) is 0 Å². The number of carbonyl (C=O) groups is 2. The number of rotatable bonds is 4. The van der Waals surface area contributed by atoms with E-state index in [4.69, 9.17) is 4.74 Å². The van der Waals surface area contributed by atoms with Gasteiger partial charge in [-0.2, -0.15) is 0 Å². The molecular formula is C17H24N4O3. The number of carbonyl (C=O) groups excluding carboxylic acids is 2. The minimum Gasteiger partial charge on any atom is -0.368 e. The molecule has 1 aromatic rings. The lowest BCUT2D eigenvalue weighted by Gasteiger charge is -2.34. The van der Waals surface area contributed by atoms with Crippen LogP contribution in [0.5, 0.6) is 0 Å². The van der Waals surface area contributed by atoms with Crippen molar-refractivity contribution in [3.8, 4) is 0 Å². The molecule has 0 bridgehead atoms. The van der Waals surface area contributed by atoms with Crippen LogP contribution in [0.3, 0.4) is 0 Å². The van der Waals surface area contributed by atoms with Crippen molar-refractivity contribution in [1.82, 2.24) is 10.6 Å².